The first-order chi connectivity index (χ1) is 9.47. The lowest BCUT2D eigenvalue weighted by atomic mass is 10.2. The van der Waals surface area contributed by atoms with Crippen molar-refractivity contribution in [2.75, 3.05) is 11.1 Å². The van der Waals surface area contributed by atoms with Gasteiger partial charge in [0.25, 0.3) is 0 Å². The Morgan fingerprint density at radius 2 is 1.85 bits per heavy atom. The van der Waals surface area contributed by atoms with Gasteiger partial charge in [-0.1, -0.05) is 12.1 Å². The molecule has 0 aliphatic carbocycles. The van der Waals surface area contributed by atoms with Gasteiger partial charge in [-0.2, -0.15) is 4.39 Å². The Labute approximate surface area is 113 Å². The van der Waals surface area contributed by atoms with Crippen LogP contribution in [0, 0.1) is 21.7 Å². The van der Waals surface area contributed by atoms with E-state index in [-0.39, 0.29) is 12.2 Å². The zero-order valence-corrected chi connectivity index (χ0v) is 10.3. The first-order valence-electron chi connectivity index (χ1n) is 5.69. The molecule has 3 N–H and O–H groups in total. The zero-order valence-electron chi connectivity index (χ0n) is 10.3. The van der Waals surface area contributed by atoms with Crippen LogP contribution in [0.15, 0.2) is 36.4 Å². The Bertz CT molecular complexity index is 645. The van der Waals surface area contributed by atoms with Crippen LogP contribution in [-0.4, -0.2) is 4.92 Å². The molecule has 7 heteroatoms. The summed E-state index contributed by atoms with van der Waals surface area (Å²) in [5.74, 6) is -2.09. The molecule has 5 nitrogen and oxygen atoms in total. The van der Waals surface area contributed by atoms with Crippen molar-refractivity contribution < 1.29 is 13.7 Å². The van der Waals surface area contributed by atoms with E-state index < -0.39 is 22.2 Å². The summed E-state index contributed by atoms with van der Waals surface area (Å²) in [5.41, 5.74) is 5.90. The van der Waals surface area contributed by atoms with Gasteiger partial charge in [-0.05, 0) is 17.7 Å². The standard InChI is InChI=1S/C13H11F2N3O2/c14-9-5-11(15)13(18(19)20)12(6-9)17-7-8-1-3-10(16)4-2-8/h1-6,17H,7,16H2. The van der Waals surface area contributed by atoms with Crippen LogP contribution in [0.4, 0.5) is 25.8 Å². The topological polar surface area (TPSA) is 81.2 Å². The number of nitrogens with zero attached hydrogens (tertiary/aromatic N) is 1. The summed E-state index contributed by atoms with van der Waals surface area (Å²) in [4.78, 5) is 9.91. The number of nitro groups is 1. The van der Waals surface area contributed by atoms with Gasteiger partial charge in [0.15, 0.2) is 0 Å². The molecule has 0 aliphatic rings. The summed E-state index contributed by atoms with van der Waals surface area (Å²) in [5, 5.41) is 13.4. The van der Waals surface area contributed by atoms with E-state index in [2.05, 4.69) is 5.32 Å². The van der Waals surface area contributed by atoms with Crippen molar-refractivity contribution in [1.29, 1.82) is 0 Å². The summed E-state index contributed by atoms with van der Waals surface area (Å²) < 4.78 is 26.5. The van der Waals surface area contributed by atoms with Gasteiger partial charge in [-0.25, -0.2) is 4.39 Å². The number of nitro benzene ring substituents is 1. The smallest absolute Gasteiger partial charge is 0.327 e. The second-order valence-electron chi connectivity index (χ2n) is 4.14. The average molecular weight is 279 g/mol. The average Bonchev–Trinajstić information content (AvgIpc) is 2.36. The maximum absolute atomic E-state index is 13.4. The molecule has 0 unspecified atom stereocenters. The third-order valence-corrected chi connectivity index (χ3v) is 2.67. The van der Waals surface area contributed by atoms with E-state index in [9.17, 15) is 18.9 Å². The minimum atomic E-state index is -1.21. The second-order valence-corrected chi connectivity index (χ2v) is 4.14. The summed E-state index contributed by atoms with van der Waals surface area (Å²) in [6.07, 6.45) is 0. The van der Waals surface area contributed by atoms with Crippen molar-refractivity contribution in [1.82, 2.24) is 0 Å². The predicted molar refractivity (Wildman–Crippen MR) is 71.2 cm³/mol. The fraction of sp³-hybridized carbons (Fsp3) is 0.0769. The number of hydrogen-bond acceptors (Lipinski definition) is 4. The lowest BCUT2D eigenvalue weighted by Crippen LogP contribution is -2.05. The van der Waals surface area contributed by atoms with Crippen LogP contribution in [0.3, 0.4) is 0 Å². The van der Waals surface area contributed by atoms with Crippen LogP contribution in [0.2, 0.25) is 0 Å². The molecule has 20 heavy (non-hydrogen) atoms. The van der Waals surface area contributed by atoms with Crippen LogP contribution in [0.1, 0.15) is 5.56 Å². The van der Waals surface area contributed by atoms with Crippen molar-refractivity contribution in [3.63, 3.8) is 0 Å². The van der Waals surface area contributed by atoms with E-state index in [0.717, 1.165) is 11.6 Å². The van der Waals surface area contributed by atoms with Gasteiger partial charge >= 0.3 is 5.69 Å². The molecule has 0 fully saturated rings. The number of halogens is 2. The number of hydrogen-bond donors (Lipinski definition) is 2. The lowest BCUT2D eigenvalue weighted by Gasteiger charge is -2.08. The van der Waals surface area contributed by atoms with Crippen LogP contribution in [0.25, 0.3) is 0 Å². The molecule has 0 saturated heterocycles. The number of anilines is 2. The molecule has 2 aromatic rings. The van der Waals surface area contributed by atoms with E-state index in [4.69, 9.17) is 5.73 Å². The van der Waals surface area contributed by atoms with Gasteiger partial charge in [0.2, 0.25) is 5.82 Å². The lowest BCUT2D eigenvalue weighted by molar-refractivity contribution is -0.386. The number of nitrogens with two attached hydrogens (primary N) is 1. The summed E-state index contributed by atoms with van der Waals surface area (Å²) >= 11 is 0. The van der Waals surface area contributed by atoms with Gasteiger partial charge in [-0.3, -0.25) is 10.1 Å². The summed E-state index contributed by atoms with van der Waals surface area (Å²) in [6, 6.07) is 8.12. The van der Waals surface area contributed by atoms with Crippen molar-refractivity contribution in [3.05, 3.63) is 63.7 Å². The summed E-state index contributed by atoms with van der Waals surface area (Å²) in [6.45, 7) is 0.185. The van der Waals surface area contributed by atoms with Gasteiger partial charge in [0.05, 0.1) is 4.92 Å². The number of rotatable bonds is 4. The van der Waals surface area contributed by atoms with Crippen LogP contribution in [0.5, 0.6) is 0 Å². The maximum Gasteiger partial charge on any atom is 0.327 e. The first kappa shape index (κ1) is 13.7. The normalized spacial score (nSPS) is 10.3. The second kappa shape index (κ2) is 5.52. The quantitative estimate of drug-likeness (QED) is 0.512. The van der Waals surface area contributed by atoms with Crippen LogP contribution in [-0.2, 0) is 6.54 Å². The van der Waals surface area contributed by atoms with Crippen molar-refractivity contribution in [3.8, 4) is 0 Å². The van der Waals surface area contributed by atoms with E-state index in [1.165, 1.54) is 0 Å². The third-order valence-electron chi connectivity index (χ3n) is 2.67. The monoisotopic (exact) mass is 279 g/mol. The number of nitrogens with one attached hydrogen (secondary N) is 1. The molecule has 0 spiro atoms. The molecule has 2 aromatic carbocycles. The van der Waals surface area contributed by atoms with Gasteiger partial charge < -0.3 is 11.1 Å². The summed E-state index contributed by atoms with van der Waals surface area (Å²) in [7, 11) is 0. The Morgan fingerprint density at radius 3 is 2.45 bits per heavy atom. The first-order valence-corrected chi connectivity index (χ1v) is 5.69. The molecule has 0 saturated carbocycles. The largest absolute Gasteiger partial charge is 0.399 e. The van der Waals surface area contributed by atoms with Crippen LogP contribution >= 0.6 is 0 Å². The molecule has 0 atom stereocenters. The van der Waals surface area contributed by atoms with Gasteiger partial charge in [0, 0.05) is 24.4 Å². The highest BCUT2D eigenvalue weighted by Gasteiger charge is 2.21. The van der Waals surface area contributed by atoms with Gasteiger partial charge in [-0.15, -0.1) is 0 Å². The van der Waals surface area contributed by atoms with Crippen molar-refractivity contribution in [2.45, 2.75) is 6.54 Å². The molecule has 0 heterocycles. The van der Waals surface area contributed by atoms with Gasteiger partial charge in [0.1, 0.15) is 11.5 Å². The highest BCUT2D eigenvalue weighted by molar-refractivity contribution is 5.62. The number of benzene rings is 2. The molecular formula is C13H11F2N3O2. The van der Waals surface area contributed by atoms with E-state index in [0.29, 0.717) is 11.8 Å². The van der Waals surface area contributed by atoms with E-state index in [1.54, 1.807) is 24.3 Å². The molecule has 0 bridgehead atoms. The molecule has 2 rings (SSSR count). The Balaban J connectivity index is 2.24. The Hall–Kier alpha value is -2.70. The van der Waals surface area contributed by atoms with Crippen molar-refractivity contribution >= 4 is 17.1 Å². The fourth-order valence-corrected chi connectivity index (χ4v) is 1.72. The molecule has 0 radical (unpaired) electrons. The highest BCUT2D eigenvalue weighted by Crippen LogP contribution is 2.29. The zero-order chi connectivity index (χ0) is 14.7. The minimum absolute atomic E-state index is 0.185. The SMILES string of the molecule is Nc1ccc(CNc2cc(F)cc(F)c2[N+](=O)[O-])cc1. The minimum Gasteiger partial charge on any atom is -0.399 e. The predicted octanol–water partition coefficient (Wildman–Crippen LogP) is 3.07. The molecule has 104 valence electrons. The van der Waals surface area contributed by atoms with E-state index in [1.807, 2.05) is 0 Å². The molecular weight excluding hydrogens is 268 g/mol. The fourth-order valence-electron chi connectivity index (χ4n) is 1.72. The highest BCUT2D eigenvalue weighted by atomic mass is 19.1. The Morgan fingerprint density at radius 1 is 1.20 bits per heavy atom. The molecule has 0 amide bonds. The maximum atomic E-state index is 13.4. The Kier molecular flexibility index (Phi) is 3.79. The number of nitrogen functional groups attached to an aromatic ring is 1. The molecule has 0 aromatic heterocycles. The van der Waals surface area contributed by atoms with Crippen LogP contribution < -0.4 is 11.1 Å². The van der Waals surface area contributed by atoms with Crippen molar-refractivity contribution in [2.24, 2.45) is 0 Å². The third kappa shape index (κ3) is 3.00. The van der Waals surface area contributed by atoms with E-state index >= 15 is 0 Å². The molecule has 0 aliphatic heterocycles.